The van der Waals surface area contributed by atoms with Crippen LogP contribution in [0.4, 0.5) is 5.69 Å². The first-order chi connectivity index (χ1) is 11.4. The number of unbranched alkanes of at least 4 members (excludes halogenated alkanes) is 2. The van der Waals surface area contributed by atoms with Crippen molar-refractivity contribution in [3.63, 3.8) is 0 Å². The first-order valence-corrected chi connectivity index (χ1v) is 8.27. The van der Waals surface area contributed by atoms with E-state index in [4.69, 9.17) is 0 Å². The highest BCUT2D eigenvalue weighted by molar-refractivity contribution is 5.95. The van der Waals surface area contributed by atoms with Crippen LogP contribution >= 0.6 is 0 Å². The molecule has 0 radical (unpaired) electrons. The first-order valence-electron chi connectivity index (χ1n) is 8.27. The number of aryl methyl sites for hydroxylation is 2. The second-order valence-corrected chi connectivity index (χ2v) is 5.89. The zero-order valence-corrected chi connectivity index (χ0v) is 14.7. The zero-order valence-electron chi connectivity index (χ0n) is 14.7. The van der Waals surface area contributed by atoms with Crippen molar-refractivity contribution in [2.24, 2.45) is 0 Å². The van der Waals surface area contributed by atoms with Gasteiger partial charge in [-0.15, -0.1) is 0 Å². The number of benzene rings is 1. The van der Waals surface area contributed by atoms with Gasteiger partial charge in [-0.3, -0.25) is 14.4 Å². The minimum atomic E-state index is -0.230. The van der Waals surface area contributed by atoms with E-state index in [0.717, 1.165) is 36.1 Å². The van der Waals surface area contributed by atoms with Crippen LogP contribution in [0.15, 0.2) is 18.2 Å². The number of para-hydroxylation sites is 1. The van der Waals surface area contributed by atoms with E-state index in [9.17, 15) is 14.4 Å². The number of anilines is 1. The second kappa shape index (κ2) is 10.4. The second-order valence-electron chi connectivity index (χ2n) is 5.89. The summed E-state index contributed by atoms with van der Waals surface area (Å²) in [5.74, 6) is -0.403. The molecule has 0 aromatic heterocycles. The Morgan fingerprint density at radius 3 is 2.21 bits per heavy atom. The molecule has 1 aromatic rings. The van der Waals surface area contributed by atoms with E-state index in [-0.39, 0.29) is 24.3 Å². The van der Waals surface area contributed by atoms with E-state index < -0.39 is 0 Å². The molecule has 24 heavy (non-hydrogen) atoms. The van der Waals surface area contributed by atoms with Gasteiger partial charge in [0, 0.05) is 25.6 Å². The molecule has 1 rings (SSSR count). The highest BCUT2D eigenvalue weighted by Crippen LogP contribution is 2.18. The molecule has 0 saturated heterocycles. The average molecular weight is 333 g/mol. The third kappa shape index (κ3) is 7.76. The lowest BCUT2D eigenvalue weighted by Gasteiger charge is -2.12. The molecular weight excluding hydrogens is 306 g/mol. The molecule has 3 amide bonds. The standard InChI is InChI=1S/C18H27N3O3/c1-13-8-7-9-14(2)18(13)21-17(24)12-20-16(23)10-5-4-6-11-19-15(3)22/h7-9H,4-6,10-12H2,1-3H3,(H,19,22)(H,20,23)(H,21,24). The number of amides is 3. The molecule has 6 heteroatoms. The van der Waals surface area contributed by atoms with Gasteiger partial charge in [0.2, 0.25) is 17.7 Å². The number of rotatable bonds is 9. The van der Waals surface area contributed by atoms with Gasteiger partial charge in [0.15, 0.2) is 0 Å². The molecule has 3 N–H and O–H groups in total. The highest BCUT2D eigenvalue weighted by atomic mass is 16.2. The smallest absolute Gasteiger partial charge is 0.243 e. The lowest BCUT2D eigenvalue weighted by molar-refractivity contribution is -0.124. The Hall–Kier alpha value is -2.37. The van der Waals surface area contributed by atoms with Crippen LogP contribution in [-0.2, 0) is 14.4 Å². The zero-order chi connectivity index (χ0) is 17.9. The van der Waals surface area contributed by atoms with E-state index in [2.05, 4.69) is 16.0 Å². The Bertz CT molecular complexity index is 565. The first kappa shape index (κ1) is 19.7. The van der Waals surface area contributed by atoms with Crippen molar-refractivity contribution < 1.29 is 14.4 Å². The molecule has 0 heterocycles. The largest absolute Gasteiger partial charge is 0.356 e. The monoisotopic (exact) mass is 333 g/mol. The summed E-state index contributed by atoms with van der Waals surface area (Å²) in [4.78, 5) is 34.3. The van der Waals surface area contributed by atoms with Gasteiger partial charge in [-0.2, -0.15) is 0 Å². The fourth-order valence-corrected chi connectivity index (χ4v) is 2.31. The Kier molecular flexibility index (Phi) is 8.54. The molecule has 132 valence electrons. The van der Waals surface area contributed by atoms with Crippen LogP contribution in [0.5, 0.6) is 0 Å². The average Bonchev–Trinajstić information content (AvgIpc) is 2.52. The van der Waals surface area contributed by atoms with Crippen molar-refractivity contribution in [3.8, 4) is 0 Å². The maximum atomic E-state index is 11.9. The molecule has 0 aliphatic heterocycles. The van der Waals surface area contributed by atoms with Gasteiger partial charge >= 0.3 is 0 Å². The van der Waals surface area contributed by atoms with E-state index in [1.54, 1.807) is 0 Å². The van der Waals surface area contributed by atoms with Crippen LogP contribution in [0.3, 0.4) is 0 Å². The Balaban J connectivity index is 2.20. The van der Waals surface area contributed by atoms with Crippen molar-refractivity contribution in [2.75, 3.05) is 18.4 Å². The SMILES string of the molecule is CC(=O)NCCCCCC(=O)NCC(=O)Nc1c(C)cccc1C. The Morgan fingerprint density at radius 2 is 1.58 bits per heavy atom. The van der Waals surface area contributed by atoms with Crippen LogP contribution < -0.4 is 16.0 Å². The third-order valence-electron chi connectivity index (χ3n) is 3.65. The van der Waals surface area contributed by atoms with E-state index in [0.29, 0.717) is 13.0 Å². The summed E-state index contributed by atoms with van der Waals surface area (Å²) in [5.41, 5.74) is 2.79. The minimum absolute atomic E-state index is 0.0293. The van der Waals surface area contributed by atoms with E-state index in [1.807, 2.05) is 32.0 Å². The summed E-state index contributed by atoms with van der Waals surface area (Å²) in [6, 6.07) is 5.80. The van der Waals surface area contributed by atoms with Gasteiger partial charge in [-0.25, -0.2) is 0 Å². The van der Waals surface area contributed by atoms with E-state index >= 15 is 0 Å². The van der Waals surface area contributed by atoms with E-state index in [1.165, 1.54) is 6.92 Å². The predicted octanol–water partition coefficient (Wildman–Crippen LogP) is 2.05. The summed E-state index contributed by atoms with van der Waals surface area (Å²) in [6.07, 6.45) is 2.84. The lowest BCUT2D eigenvalue weighted by atomic mass is 10.1. The quantitative estimate of drug-likeness (QED) is 0.605. The molecule has 0 aliphatic carbocycles. The van der Waals surface area contributed by atoms with Gasteiger partial charge in [-0.05, 0) is 37.8 Å². The summed E-state index contributed by atoms with van der Waals surface area (Å²) in [6.45, 7) is 5.95. The summed E-state index contributed by atoms with van der Waals surface area (Å²) < 4.78 is 0. The highest BCUT2D eigenvalue weighted by Gasteiger charge is 2.08. The lowest BCUT2D eigenvalue weighted by Crippen LogP contribution is -2.33. The normalized spacial score (nSPS) is 10.1. The summed E-state index contributed by atoms with van der Waals surface area (Å²) in [5, 5.41) is 8.18. The van der Waals surface area contributed by atoms with Crippen molar-refractivity contribution in [3.05, 3.63) is 29.3 Å². The van der Waals surface area contributed by atoms with Crippen LogP contribution in [0.25, 0.3) is 0 Å². The Morgan fingerprint density at radius 1 is 0.917 bits per heavy atom. The minimum Gasteiger partial charge on any atom is -0.356 e. The van der Waals surface area contributed by atoms with Crippen LogP contribution in [0, 0.1) is 13.8 Å². The number of carbonyl (C=O) groups is 3. The van der Waals surface area contributed by atoms with Gasteiger partial charge in [0.05, 0.1) is 6.54 Å². The maximum absolute atomic E-state index is 11.9. The Labute approximate surface area is 143 Å². The number of nitrogens with one attached hydrogen (secondary N) is 3. The third-order valence-corrected chi connectivity index (χ3v) is 3.65. The topological polar surface area (TPSA) is 87.3 Å². The van der Waals surface area contributed by atoms with Crippen molar-refractivity contribution in [1.29, 1.82) is 0 Å². The van der Waals surface area contributed by atoms with Gasteiger partial charge < -0.3 is 16.0 Å². The van der Waals surface area contributed by atoms with Gasteiger partial charge in [-0.1, -0.05) is 24.6 Å². The molecule has 0 aliphatic rings. The fourth-order valence-electron chi connectivity index (χ4n) is 2.31. The predicted molar refractivity (Wildman–Crippen MR) is 94.7 cm³/mol. The fraction of sp³-hybridized carbons (Fsp3) is 0.500. The molecule has 1 aromatic carbocycles. The molecule has 0 bridgehead atoms. The van der Waals surface area contributed by atoms with Crippen molar-refractivity contribution in [1.82, 2.24) is 10.6 Å². The van der Waals surface area contributed by atoms with Crippen molar-refractivity contribution in [2.45, 2.75) is 46.5 Å². The molecule has 0 unspecified atom stereocenters. The van der Waals surface area contributed by atoms with Crippen molar-refractivity contribution >= 4 is 23.4 Å². The molecule has 0 saturated carbocycles. The van der Waals surface area contributed by atoms with Gasteiger partial charge in [0.1, 0.15) is 0 Å². The maximum Gasteiger partial charge on any atom is 0.243 e. The van der Waals surface area contributed by atoms with Crippen LogP contribution in [-0.4, -0.2) is 30.8 Å². The van der Waals surface area contributed by atoms with Crippen LogP contribution in [0.2, 0.25) is 0 Å². The number of hydrogen-bond donors (Lipinski definition) is 3. The molecule has 6 nitrogen and oxygen atoms in total. The molecule has 0 spiro atoms. The molecule has 0 atom stereocenters. The number of carbonyl (C=O) groups excluding carboxylic acids is 3. The van der Waals surface area contributed by atoms with Crippen LogP contribution in [0.1, 0.15) is 43.7 Å². The summed E-state index contributed by atoms with van der Waals surface area (Å²) in [7, 11) is 0. The summed E-state index contributed by atoms with van der Waals surface area (Å²) >= 11 is 0. The number of hydrogen-bond acceptors (Lipinski definition) is 3. The van der Waals surface area contributed by atoms with Gasteiger partial charge in [0.25, 0.3) is 0 Å². The molecular formula is C18H27N3O3. The molecule has 0 fully saturated rings.